The topological polar surface area (TPSA) is 68.7 Å². The van der Waals surface area contributed by atoms with Crippen LogP contribution in [-0.2, 0) is 6.54 Å². The molecule has 2 aliphatic heterocycles. The average Bonchev–Trinajstić information content (AvgIpc) is 3.14. The molecule has 0 aromatic carbocycles. The van der Waals surface area contributed by atoms with Gasteiger partial charge in [0.15, 0.2) is 5.96 Å². The summed E-state index contributed by atoms with van der Waals surface area (Å²) in [5.41, 5.74) is 2.41. The Morgan fingerprint density at radius 1 is 0.970 bits per heavy atom. The van der Waals surface area contributed by atoms with Crippen molar-refractivity contribution in [2.45, 2.75) is 65.0 Å². The summed E-state index contributed by atoms with van der Waals surface area (Å²) in [7, 11) is 0. The first-order chi connectivity index (χ1) is 16.2. The summed E-state index contributed by atoms with van der Waals surface area (Å²) in [6.45, 7) is 9.95. The zero-order valence-corrected chi connectivity index (χ0v) is 20.3. The van der Waals surface area contributed by atoms with Crippen LogP contribution in [0.25, 0.3) is 0 Å². The molecule has 4 heterocycles. The molecule has 178 valence electrons. The van der Waals surface area contributed by atoms with Crippen molar-refractivity contribution in [3.63, 3.8) is 0 Å². The van der Waals surface area contributed by atoms with Crippen LogP contribution in [-0.4, -0.2) is 54.7 Å². The Bertz CT molecular complexity index is 880. The first-order valence-corrected chi connectivity index (χ1v) is 12.6. The normalized spacial score (nSPS) is 18.2. The molecule has 2 aromatic heterocycles. The highest BCUT2D eigenvalue weighted by molar-refractivity contribution is 5.80. The van der Waals surface area contributed by atoms with Gasteiger partial charge in [0.05, 0.1) is 6.54 Å². The van der Waals surface area contributed by atoms with Crippen molar-refractivity contribution in [2.24, 2.45) is 4.99 Å². The monoisotopic (exact) mass is 449 g/mol. The molecule has 0 aliphatic carbocycles. The van der Waals surface area contributed by atoms with E-state index < -0.39 is 0 Å². The zero-order chi connectivity index (χ0) is 22.9. The van der Waals surface area contributed by atoms with Gasteiger partial charge < -0.3 is 20.4 Å². The van der Waals surface area contributed by atoms with Gasteiger partial charge in [-0.3, -0.25) is 0 Å². The van der Waals surface area contributed by atoms with Crippen LogP contribution in [0.1, 0.15) is 56.6 Å². The summed E-state index contributed by atoms with van der Waals surface area (Å²) in [6.07, 6.45) is 11.2. The lowest BCUT2D eigenvalue weighted by Gasteiger charge is -2.33. The fraction of sp³-hybridized carbons (Fsp3) is 0.577. The Morgan fingerprint density at radius 2 is 1.73 bits per heavy atom. The highest BCUT2D eigenvalue weighted by Crippen LogP contribution is 2.20. The van der Waals surface area contributed by atoms with Gasteiger partial charge in [-0.05, 0) is 68.9 Å². The molecule has 0 atom stereocenters. The van der Waals surface area contributed by atoms with Crippen molar-refractivity contribution in [3.05, 3.63) is 47.8 Å². The molecule has 0 unspecified atom stereocenters. The van der Waals surface area contributed by atoms with Crippen LogP contribution in [0.15, 0.2) is 41.7 Å². The average molecular weight is 450 g/mol. The van der Waals surface area contributed by atoms with Crippen molar-refractivity contribution in [1.82, 2.24) is 20.6 Å². The van der Waals surface area contributed by atoms with E-state index in [1.807, 2.05) is 12.4 Å². The maximum atomic E-state index is 4.89. The number of aliphatic imine (C=N–C) groups is 1. The lowest BCUT2D eigenvalue weighted by Crippen LogP contribution is -2.48. The van der Waals surface area contributed by atoms with E-state index in [1.54, 1.807) is 0 Å². The summed E-state index contributed by atoms with van der Waals surface area (Å²) in [5, 5.41) is 7.08. The maximum Gasteiger partial charge on any atom is 0.191 e. The molecule has 7 nitrogen and oxygen atoms in total. The highest BCUT2D eigenvalue weighted by Gasteiger charge is 2.21. The zero-order valence-electron chi connectivity index (χ0n) is 20.3. The Morgan fingerprint density at radius 3 is 2.42 bits per heavy atom. The van der Waals surface area contributed by atoms with E-state index in [0.29, 0.717) is 12.6 Å². The molecular weight excluding hydrogens is 410 g/mol. The molecule has 7 heteroatoms. The minimum absolute atomic E-state index is 0.426. The summed E-state index contributed by atoms with van der Waals surface area (Å²) >= 11 is 0. The number of aromatic nitrogens is 2. The second kappa shape index (κ2) is 11.9. The Balaban J connectivity index is 1.32. The molecule has 0 amide bonds. The van der Waals surface area contributed by atoms with Crippen molar-refractivity contribution in [1.29, 1.82) is 0 Å². The lowest BCUT2D eigenvalue weighted by molar-refractivity contribution is 0.459. The van der Waals surface area contributed by atoms with Crippen molar-refractivity contribution < 1.29 is 0 Å². The number of pyridine rings is 2. The van der Waals surface area contributed by atoms with E-state index in [-0.39, 0.29) is 0 Å². The molecule has 0 bridgehead atoms. The number of piperidine rings is 1. The number of nitrogens with one attached hydrogen (secondary N) is 2. The van der Waals surface area contributed by atoms with Gasteiger partial charge in [-0.25, -0.2) is 15.0 Å². The van der Waals surface area contributed by atoms with Gasteiger partial charge in [0.1, 0.15) is 11.6 Å². The van der Waals surface area contributed by atoms with E-state index in [0.717, 1.165) is 63.2 Å². The molecule has 2 fully saturated rings. The van der Waals surface area contributed by atoms with Crippen LogP contribution in [0.2, 0.25) is 0 Å². The first kappa shape index (κ1) is 23.3. The Labute approximate surface area is 198 Å². The van der Waals surface area contributed by atoms with E-state index in [1.165, 1.54) is 36.8 Å². The number of guanidine groups is 1. The van der Waals surface area contributed by atoms with Gasteiger partial charge >= 0.3 is 0 Å². The van der Waals surface area contributed by atoms with E-state index in [9.17, 15) is 0 Å². The first-order valence-electron chi connectivity index (χ1n) is 12.6. The molecule has 0 saturated carbocycles. The fourth-order valence-corrected chi connectivity index (χ4v) is 4.62. The van der Waals surface area contributed by atoms with Gasteiger partial charge in [-0.15, -0.1) is 0 Å². The third-order valence-corrected chi connectivity index (χ3v) is 6.56. The largest absolute Gasteiger partial charge is 0.357 e. The number of nitrogens with zero attached hydrogens (tertiary/aromatic N) is 5. The third kappa shape index (κ3) is 6.83. The molecule has 2 aliphatic rings. The van der Waals surface area contributed by atoms with Crippen molar-refractivity contribution >= 4 is 17.6 Å². The number of aryl methyl sites for hydroxylation is 1. The predicted octanol–water partition coefficient (Wildman–Crippen LogP) is 3.89. The Hall–Kier alpha value is -2.83. The number of hydrogen-bond donors (Lipinski definition) is 2. The van der Waals surface area contributed by atoms with Crippen LogP contribution in [0.5, 0.6) is 0 Å². The predicted molar refractivity (Wildman–Crippen MR) is 137 cm³/mol. The summed E-state index contributed by atoms with van der Waals surface area (Å²) in [4.78, 5) is 18.9. The molecule has 0 spiro atoms. The molecule has 0 radical (unpaired) electrons. The van der Waals surface area contributed by atoms with Crippen LogP contribution >= 0.6 is 0 Å². The Kier molecular flexibility index (Phi) is 8.39. The van der Waals surface area contributed by atoms with Gasteiger partial charge in [0.25, 0.3) is 0 Å². The second-order valence-corrected chi connectivity index (χ2v) is 9.22. The number of rotatable bonds is 6. The van der Waals surface area contributed by atoms with Crippen LogP contribution in [0.4, 0.5) is 11.6 Å². The summed E-state index contributed by atoms with van der Waals surface area (Å²) < 4.78 is 0. The molecule has 4 rings (SSSR count). The molecule has 2 saturated heterocycles. The standard InChI is InChI=1S/C26H39N7/c1-3-27-26(31-23-11-16-33(17-12-23)24-9-8-21(2)19-29-24)30-20-22-10-13-28-25(18-22)32-14-6-4-5-7-15-32/h8-10,13,18-19,23H,3-7,11-12,14-17,20H2,1-2H3,(H2,27,30,31). The number of hydrogen-bond acceptors (Lipinski definition) is 5. The molecule has 2 aromatic rings. The van der Waals surface area contributed by atoms with Gasteiger partial charge in [-0.1, -0.05) is 18.9 Å². The molecule has 33 heavy (non-hydrogen) atoms. The van der Waals surface area contributed by atoms with Crippen LogP contribution < -0.4 is 20.4 Å². The SMILES string of the molecule is CCNC(=NCc1ccnc(N2CCCCCC2)c1)NC1CCN(c2ccc(C)cn2)CC1. The highest BCUT2D eigenvalue weighted by atomic mass is 15.2. The maximum absolute atomic E-state index is 4.89. The van der Waals surface area contributed by atoms with Crippen LogP contribution in [0, 0.1) is 6.92 Å². The quantitative estimate of drug-likeness (QED) is 0.515. The smallest absolute Gasteiger partial charge is 0.191 e. The van der Waals surface area contributed by atoms with Crippen LogP contribution in [0.3, 0.4) is 0 Å². The van der Waals surface area contributed by atoms with Gasteiger partial charge in [-0.2, -0.15) is 0 Å². The van der Waals surface area contributed by atoms with Crippen molar-refractivity contribution in [2.75, 3.05) is 42.5 Å². The van der Waals surface area contributed by atoms with Gasteiger partial charge in [0.2, 0.25) is 0 Å². The van der Waals surface area contributed by atoms with Crippen molar-refractivity contribution in [3.8, 4) is 0 Å². The van der Waals surface area contributed by atoms with E-state index in [2.05, 4.69) is 68.5 Å². The number of anilines is 2. The minimum atomic E-state index is 0.426. The summed E-state index contributed by atoms with van der Waals surface area (Å²) in [6, 6.07) is 8.99. The fourth-order valence-electron chi connectivity index (χ4n) is 4.62. The lowest BCUT2D eigenvalue weighted by atomic mass is 10.1. The summed E-state index contributed by atoms with van der Waals surface area (Å²) in [5.74, 6) is 3.08. The third-order valence-electron chi connectivity index (χ3n) is 6.56. The van der Waals surface area contributed by atoms with E-state index >= 15 is 0 Å². The van der Waals surface area contributed by atoms with E-state index in [4.69, 9.17) is 4.99 Å². The molecular formula is C26H39N7. The minimum Gasteiger partial charge on any atom is -0.357 e. The second-order valence-electron chi connectivity index (χ2n) is 9.22. The molecule has 2 N–H and O–H groups in total. The van der Waals surface area contributed by atoms with Gasteiger partial charge in [0, 0.05) is 51.2 Å².